The lowest BCUT2D eigenvalue weighted by atomic mass is 9.99. The first kappa shape index (κ1) is 19.8. The molecule has 5 rings (SSSR count). The maximum atomic E-state index is 15.3. The van der Waals surface area contributed by atoms with Gasteiger partial charge in [0.05, 0.1) is 0 Å². The Hall–Kier alpha value is -3.16. The highest BCUT2D eigenvalue weighted by molar-refractivity contribution is 7.79. The second-order valence-corrected chi connectivity index (χ2v) is 10.7. The zero-order chi connectivity index (χ0) is 21.3. The molecular weight excluding hydrogens is 404 g/mol. The van der Waals surface area contributed by atoms with E-state index in [1.807, 2.05) is 72.8 Å². The number of halogens is 1. The van der Waals surface area contributed by atoms with Crippen LogP contribution in [0, 0.1) is 5.82 Å². The van der Waals surface area contributed by atoms with E-state index in [2.05, 4.69) is 17.0 Å². The fourth-order valence-electron chi connectivity index (χ4n) is 4.57. The van der Waals surface area contributed by atoms with Gasteiger partial charge in [-0.05, 0) is 41.8 Å². The SMILES string of the molecule is O=P(c1ccccc1)(c1ccccc1)[C@H]1c2ccccc2CCN1c1ccc(F)cc1. The summed E-state index contributed by atoms with van der Waals surface area (Å²) < 4.78 is 28.9. The van der Waals surface area contributed by atoms with Crippen molar-refractivity contribution in [3.63, 3.8) is 0 Å². The Morgan fingerprint density at radius 1 is 0.710 bits per heavy atom. The lowest BCUT2D eigenvalue weighted by Gasteiger charge is -2.43. The van der Waals surface area contributed by atoms with Gasteiger partial charge in [0.25, 0.3) is 0 Å². The molecule has 0 aromatic heterocycles. The minimum Gasteiger partial charge on any atom is -0.357 e. The average molecular weight is 427 g/mol. The van der Waals surface area contributed by atoms with E-state index in [1.54, 1.807) is 12.1 Å². The van der Waals surface area contributed by atoms with Gasteiger partial charge in [-0.15, -0.1) is 0 Å². The fourth-order valence-corrected chi connectivity index (χ4v) is 7.95. The molecule has 4 heteroatoms. The Morgan fingerprint density at radius 2 is 1.26 bits per heavy atom. The minimum atomic E-state index is -3.13. The third-order valence-corrected chi connectivity index (χ3v) is 9.41. The predicted octanol–water partition coefficient (Wildman–Crippen LogP) is 5.90. The van der Waals surface area contributed by atoms with Gasteiger partial charge in [0.15, 0.2) is 7.14 Å². The zero-order valence-electron chi connectivity index (χ0n) is 17.1. The monoisotopic (exact) mass is 427 g/mol. The molecule has 4 aromatic carbocycles. The topological polar surface area (TPSA) is 20.3 Å². The number of hydrogen-bond donors (Lipinski definition) is 0. The van der Waals surface area contributed by atoms with E-state index in [4.69, 9.17) is 0 Å². The summed E-state index contributed by atoms with van der Waals surface area (Å²) in [6.07, 6.45) is 0.855. The largest absolute Gasteiger partial charge is 0.357 e. The van der Waals surface area contributed by atoms with E-state index in [-0.39, 0.29) is 11.6 Å². The molecule has 1 aliphatic rings. The maximum Gasteiger partial charge on any atom is 0.168 e. The Labute approximate surface area is 182 Å². The van der Waals surface area contributed by atoms with Crippen molar-refractivity contribution in [3.05, 3.63) is 126 Å². The molecule has 0 N–H and O–H groups in total. The van der Waals surface area contributed by atoms with E-state index in [1.165, 1.54) is 17.7 Å². The van der Waals surface area contributed by atoms with Crippen molar-refractivity contribution < 1.29 is 8.96 Å². The fraction of sp³-hybridized carbons (Fsp3) is 0.111. The molecule has 0 aliphatic carbocycles. The molecule has 1 heterocycles. The molecule has 4 aromatic rings. The number of benzene rings is 4. The van der Waals surface area contributed by atoms with Gasteiger partial charge in [-0.3, -0.25) is 0 Å². The molecule has 1 aliphatic heterocycles. The van der Waals surface area contributed by atoms with Crippen LogP contribution in [0.3, 0.4) is 0 Å². The van der Waals surface area contributed by atoms with Crippen molar-refractivity contribution >= 4 is 23.4 Å². The lowest BCUT2D eigenvalue weighted by molar-refractivity contribution is 0.569. The first-order valence-electron chi connectivity index (χ1n) is 10.5. The van der Waals surface area contributed by atoms with Crippen molar-refractivity contribution in [2.75, 3.05) is 11.4 Å². The highest BCUT2D eigenvalue weighted by atomic mass is 31.2. The highest BCUT2D eigenvalue weighted by Crippen LogP contribution is 2.61. The second kappa shape index (κ2) is 8.17. The third-order valence-electron chi connectivity index (χ3n) is 6.03. The van der Waals surface area contributed by atoms with Crippen LogP contribution in [0.4, 0.5) is 10.1 Å². The predicted molar refractivity (Wildman–Crippen MR) is 126 cm³/mol. The van der Waals surface area contributed by atoms with E-state index in [0.717, 1.165) is 34.8 Å². The van der Waals surface area contributed by atoms with Gasteiger partial charge in [0, 0.05) is 22.8 Å². The number of nitrogens with zero attached hydrogens (tertiary/aromatic N) is 1. The average Bonchev–Trinajstić information content (AvgIpc) is 2.84. The normalized spacial score (nSPS) is 16.0. The Kier molecular flexibility index (Phi) is 5.21. The van der Waals surface area contributed by atoms with Crippen LogP contribution < -0.4 is 15.5 Å². The molecule has 1 atom stereocenters. The summed E-state index contributed by atoms with van der Waals surface area (Å²) in [6.45, 7) is 0.719. The van der Waals surface area contributed by atoms with Crippen LogP contribution in [0.5, 0.6) is 0 Å². The summed E-state index contributed by atoms with van der Waals surface area (Å²) in [6, 6.07) is 34.4. The van der Waals surface area contributed by atoms with Crippen LogP contribution in [0.15, 0.2) is 109 Å². The van der Waals surface area contributed by atoms with Crippen LogP contribution in [-0.2, 0) is 11.0 Å². The molecule has 0 saturated carbocycles. The minimum absolute atomic E-state index is 0.271. The summed E-state index contributed by atoms with van der Waals surface area (Å²) >= 11 is 0. The van der Waals surface area contributed by atoms with Crippen molar-refractivity contribution in [2.45, 2.75) is 12.2 Å². The Bertz CT molecular complexity index is 1180. The van der Waals surface area contributed by atoms with Crippen LogP contribution in [0.1, 0.15) is 16.9 Å². The number of hydrogen-bond acceptors (Lipinski definition) is 2. The van der Waals surface area contributed by atoms with E-state index >= 15 is 4.57 Å². The van der Waals surface area contributed by atoms with Gasteiger partial charge in [-0.1, -0.05) is 84.9 Å². The van der Waals surface area contributed by atoms with Gasteiger partial charge < -0.3 is 9.46 Å². The summed E-state index contributed by atoms with van der Waals surface area (Å²) in [5.74, 6) is -0.639. The molecule has 0 amide bonds. The van der Waals surface area contributed by atoms with Gasteiger partial charge in [0.2, 0.25) is 0 Å². The summed E-state index contributed by atoms with van der Waals surface area (Å²) in [7, 11) is -3.13. The van der Waals surface area contributed by atoms with E-state index < -0.39 is 7.14 Å². The molecule has 0 unspecified atom stereocenters. The van der Waals surface area contributed by atoms with Crippen molar-refractivity contribution in [3.8, 4) is 0 Å². The van der Waals surface area contributed by atoms with Gasteiger partial charge >= 0.3 is 0 Å². The standard InChI is InChI=1S/C27H23FNOP/c28-22-15-17-23(18-16-22)29-20-19-21-9-7-8-14-26(21)27(29)31(30,24-10-3-1-4-11-24)25-12-5-2-6-13-25/h1-18,27H,19-20H2/t27-/m0/s1. The molecule has 0 bridgehead atoms. The second-order valence-electron chi connectivity index (χ2n) is 7.82. The van der Waals surface area contributed by atoms with E-state index in [0.29, 0.717) is 0 Å². The van der Waals surface area contributed by atoms with Gasteiger partial charge in [0.1, 0.15) is 11.6 Å². The molecule has 31 heavy (non-hydrogen) atoms. The Morgan fingerprint density at radius 3 is 1.87 bits per heavy atom. The van der Waals surface area contributed by atoms with E-state index in [9.17, 15) is 4.39 Å². The molecule has 0 radical (unpaired) electrons. The van der Waals surface area contributed by atoms with Crippen molar-refractivity contribution in [2.24, 2.45) is 0 Å². The zero-order valence-corrected chi connectivity index (χ0v) is 18.0. The molecule has 2 nitrogen and oxygen atoms in total. The molecule has 0 spiro atoms. The number of fused-ring (bicyclic) bond motifs is 1. The smallest absolute Gasteiger partial charge is 0.168 e. The number of rotatable bonds is 4. The molecule has 0 fully saturated rings. The van der Waals surface area contributed by atoms with Crippen molar-refractivity contribution in [1.29, 1.82) is 0 Å². The summed E-state index contributed by atoms with van der Waals surface area (Å²) in [4.78, 5) is 2.20. The highest BCUT2D eigenvalue weighted by Gasteiger charge is 2.44. The van der Waals surface area contributed by atoms with Crippen molar-refractivity contribution in [1.82, 2.24) is 0 Å². The van der Waals surface area contributed by atoms with Crippen LogP contribution >= 0.6 is 7.14 Å². The molecule has 154 valence electrons. The van der Waals surface area contributed by atoms with Crippen LogP contribution in [-0.4, -0.2) is 6.54 Å². The molecule has 0 saturated heterocycles. The van der Waals surface area contributed by atoms with Crippen LogP contribution in [0.2, 0.25) is 0 Å². The summed E-state index contributed by atoms with van der Waals surface area (Å²) in [5, 5.41) is 1.66. The first-order chi connectivity index (χ1) is 15.2. The maximum absolute atomic E-state index is 15.3. The van der Waals surface area contributed by atoms with Crippen LogP contribution in [0.25, 0.3) is 0 Å². The van der Waals surface area contributed by atoms with Gasteiger partial charge in [-0.2, -0.15) is 0 Å². The first-order valence-corrected chi connectivity index (χ1v) is 12.3. The Balaban J connectivity index is 1.78. The third kappa shape index (κ3) is 3.49. The number of anilines is 1. The lowest BCUT2D eigenvalue weighted by Crippen LogP contribution is -2.39. The quantitative estimate of drug-likeness (QED) is 0.378. The molecular formula is C27H23FNOP. The van der Waals surface area contributed by atoms with Gasteiger partial charge in [-0.25, -0.2) is 4.39 Å². The summed E-state index contributed by atoms with van der Waals surface area (Å²) in [5.41, 5.74) is 3.18.